The Morgan fingerprint density at radius 2 is 2.04 bits per heavy atom. The van der Waals surface area contributed by atoms with Crippen LogP contribution in [0.15, 0.2) is 6.20 Å². The minimum absolute atomic E-state index is 0.0366. The maximum Gasteiger partial charge on any atom is 0.317 e. The van der Waals surface area contributed by atoms with Gasteiger partial charge in [0, 0.05) is 25.0 Å². The van der Waals surface area contributed by atoms with Crippen LogP contribution in [0.3, 0.4) is 0 Å². The van der Waals surface area contributed by atoms with Crippen molar-refractivity contribution in [2.45, 2.75) is 52.0 Å². The number of rotatable bonds is 5. The van der Waals surface area contributed by atoms with Gasteiger partial charge in [-0.1, -0.05) is 0 Å². The molecule has 24 heavy (non-hydrogen) atoms. The number of nitrogens with zero attached hydrogens (tertiary/aromatic N) is 3. The van der Waals surface area contributed by atoms with Gasteiger partial charge in [-0.2, -0.15) is 0 Å². The number of piperidine rings is 1. The van der Waals surface area contributed by atoms with E-state index in [4.69, 9.17) is 0 Å². The van der Waals surface area contributed by atoms with E-state index in [-0.39, 0.29) is 12.1 Å². The average molecular weight is 333 g/mol. The molecule has 2 aliphatic heterocycles. The Kier molecular flexibility index (Phi) is 5.76. The summed E-state index contributed by atoms with van der Waals surface area (Å²) < 4.78 is 0. The van der Waals surface area contributed by atoms with Crippen molar-refractivity contribution >= 4 is 6.03 Å². The highest BCUT2D eigenvalue weighted by molar-refractivity contribution is 5.74. The molecule has 3 rings (SSSR count). The lowest BCUT2D eigenvalue weighted by Gasteiger charge is -2.33. The number of H-pyrrole nitrogens is 1. The molecule has 0 unspecified atom stereocenters. The number of carbonyl (C=O) groups is 1. The fourth-order valence-electron chi connectivity index (χ4n) is 3.79. The predicted molar refractivity (Wildman–Crippen MR) is 94.9 cm³/mol. The first kappa shape index (κ1) is 17.3. The minimum Gasteiger partial charge on any atom is -0.344 e. The Morgan fingerprint density at radius 3 is 2.67 bits per heavy atom. The number of aromatic amines is 1. The van der Waals surface area contributed by atoms with Gasteiger partial charge in [-0.3, -0.25) is 0 Å². The first-order chi connectivity index (χ1) is 11.6. The minimum atomic E-state index is -0.0842. The van der Waals surface area contributed by atoms with Gasteiger partial charge < -0.3 is 20.1 Å². The molecule has 1 atom stereocenters. The zero-order chi connectivity index (χ0) is 16.9. The number of aromatic nitrogens is 2. The summed E-state index contributed by atoms with van der Waals surface area (Å²) in [5, 5.41) is 3.06. The molecule has 2 N–H and O–H groups in total. The van der Waals surface area contributed by atoms with Crippen LogP contribution in [0.5, 0.6) is 0 Å². The fraction of sp³-hybridized carbons (Fsp3) is 0.778. The first-order valence-corrected chi connectivity index (χ1v) is 9.41. The summed E-state index contributed by atoms with van der Waals surface area (Å²) in [7, 11) is 0. The molecule has 2 fully saturated rings. The molecule has 1 aromatic heterocycles. The fourth-order valence-corrected chi connectivity index (χ4v) is 3.79. The van der Waals surface area contributed by atoms with Crippen LogP contribution in [-0.2, 0) is 0 Å². The van der Waals surface area contributed by atoms with Gasteiger partial charge >= 0.3 is 6.03 Å². The van der Waals surface area contributed by atoms with Crippen molar-refractivity contribution in [3.05, 3.63) is 17.7 Å². The normalized spacial score (nSPS) is 21.2. The Morgan fingerprint density at radius 1 is 1.33 bits per heavy atom. The Labute approximate surface area is 145 Å². The second-order valence-electron chi connectivity index (χ2n) is 7.39. The van der Waals surface area contributed by atoms with Crippen molar-refractivity contribution in [2.24, 2.45) is 5.92 Å². The summed E-state index contributed by atoms with van der Waals surface area (Å²) in [4.78, 5) is 24.5. The monoisotopic (exact) mass is 333 g/mol. The lowest BCUT2D eigenvalue weighted by molar-refractivity contribution is 0.160. The highest BCUT2D eigenvalue weighted by atomic mass is 16.2. The maximum absolute atomic E-state index is 12.4. The summed E-state index contributed by atoms with van der Waals surface area (Å²) >= 11 is 0. The Bertz CT molecular complexity index is 529. The number of hydrogen-bond donors (Lipinski definition) is 2. The molecule has 2 amide bonds. The van der Waals surface area contributed by atoms with Gasteiger partial charge in [0.2, 0.25) is 0 Å². The van der Waals surface area contributed by atoms with Gasteiger partial charge in [-0.15, -0.1) is 0 Å². The second kappa shape index (κ2) is 8.01. The molecule has 1 aromatic rings. The van der Waals surface area contributed by atoms with Crippen molar-refractivity contribution in [3.63, 3.8) is 0 Å². The smallest absolute Gasteiger partial charge is 0.317 e. The van der Waals surface area contributed by atoms with E-state index < -0.39 is 0 Å². The van der Waals surface area contributed by atoms with Crippen LogP contribution in [0.25, 0.3) is 0 Å². The maximum atomic E-state index is 12.4. The standard InChI is InChI=1S/C18H31N5O/c1-14-13-19-17(20-14)15(2)21-18(24)23-11-6-16(7-12-23)5-10-22-8-3-4-9-22/h13,15-16H,3-12H2,1-2H3,(H,19,20)(H,21,24)/t15-/m0/s1. The van der Waals surface area contributed by atoms with Crippen LogP contribution in [0, 0.1) is 12.8 Å². The SMILES string of the molecule is Cc1cnc([C@H](C)NC(=O)N2CCC(CCN3CCCC3)CC2)[nH]1. The van der Waals surface area contributed by atoms with E-state index in [1.54, 1.807) is 6.20 Å². The second-order valence-corrected chi connectivity index (χ2v) is 7.39. The van der Waals surface area contributed by atoms with Crippen LogP contribution in [0.1, 0.15) is 56.6 Å². The highest BCUT2D eigenvalue weighted by Crippen LogP contribution is 2.22. The zero-order valence-corrected chi connectivity index (χ0v) is 15.1. The van der Waals surface area contributed by atoms with Gasteiger partial charge in [-0.05, 0) is 71.5 Å². The molecule has 0 radical (unpaired) electrons. The third kappa shape index (κ3) is 4.50. The number of amides is 2. The summed E-state index contributed by atoms with van der Waals surface area (Å²) in [6, 6.07) is -0.0476. The molecule has 6 nitrogen and oxygen atoms in total. The number of aryl methyl sites for hydroxylation is 1. The molecule has 6 heteroatoms. The third-order valence-corrected chi connectivity index (χ3v) is 5.43. The number of urea groups is 1. The summed E-state index contributed by atoms with van der Waals surface area (Å²) in [6.45, 7) is 9.50. The van der Waals surface area contributed by atoms with E-state index in [1.165, 1.54) is 38.9 Å². The highest BCUT2D eigenvalue weighted by Gasteiger charge is 2.25. The lowest BCUT2D eigenvalue weighted by Crippen LogP contribution is -2.45. The van der Waals surface area contributed by atoms with Crippen LogP contribution < -0.4 is 5.32 Å². The van der Waals surface area contributed by atoms with Crippen molar-refractivity contribution in [3.8, 4) is 0 Å². The van der Waals surface area contributed by atoms with E-state index in [2.05, 4.69) is 20.2 Å². The van der Waals surface area contributed by atoms with Gasteiger partial charge in [-0.25, -0.2) is 9.78 Å². The van der Waals surface area contributed by atoms with Crippen LogP contribution in [0.2, 0.25) is 0 Å². The lowest BCUT2D eigenvalue weighted by atomic mass is 9.93. The molecular formula is C18H31N5O. The van der Waals surface area contributed by atoms with Crippen molar-refractivity contribution in [2.75, 3.05) is 32.7 Å². The van der Waals surface area contributed by atoms with E-state index in [9.17, 15) is 4.79 Å². The Balaban J connectivity index is 1.38. The van der Waals surface area contributed by atoms with Crippen LogP contribution >= 0.6 is 0 Å². The quantitative estimate of drug-likeness (QED) is 0.871. The molecule has 0 aliphatic carbocycles. The van der Waals surface area contributed by atoms with Gasteiger partial charge in [0.25, 0.3) is 0 Å². The number of hydrogen-bond acceptors (Lipinski definition) is 3. The van der Waals surface area contributed by atoms with E-state index in [1.807, 2.05) is 18.7 Å². The summed E-state index contributed by atoms with van der Waals surface area (Å²) in [5.74, 6) is 1.60. The van der Waals surface area contributed by atoms with Gasteiger partial charge in [0.1, 0.15) is 5.82 Å². The molecule has 0 spiro atoms. The average Bonchev–Trinajstić information content (AvgIpc) is 3.25. The first-order valence-electron chi connectivity index (χ1n) is 9.41. The molecule has 0 saturated carbocycles. The zero-order valence-electron chi connectivity index (χ0n) is 15.1. The van der Waals surface area contributed by atoms with Crippen LogP contribution in [-0.4, -0.2) is 58.5 Å². The third-order valence-electron chi connectivity index (χ3n) is 5.43. The van der Waals surface area contributed by atoms with E-state index in [0.717, 1.165) is 43.4 Å². The number of nitrogens with one attached hydrogen (secondary N) is 2. The van der Waals surface area contributed by atoms with Gasteiger partial charge in [0.15, 0.2) is 0 Å². The summed E-state index contributed by atoms with van der Waals surface area (Å²) in [6.07, 6.45) is 8.09. The Hall–Kier alpha value is -1.56. The van der Waals surface area contributed by atoms with E-state index in [0.29, 0.717) is 0 Å². The van der Waals surface area contributed by atoms with Crippen molar-refractivity contribution in [1.82, 2.24) is 25.1 Å². The molecular weight excluding hydrogens is 302 g/mol. The summed E-state index contributed by atoms with van der Waals surface area (Å²) in [5.41, 5.74) is 1.02. The van der Waals surface area contributed by atoms with Crippen molar-refractivity contribution < 1.29 is 4.79 Å². The van der Waals surface area contributed by atoms with Gasteiger partial charge in [0.05, 0.1) is 6.04 Å². The van der Waals surface area contributed by atoms with Crippen molar-refractivity contribution in [1.29, 1.82) is 0 Å². The number of carbonyl (C=O) groups excluding carboxylic acids is 1. The molecule has 134 valence electrons. The molecule has 0 bridgehead atoms. The molecule has 2 aliphatic rings. The molecule has 2 saturated heterocycles. The van der Waals surface area contributed by atoms with Crippen LogP contribution in [0.4, 0.5) is 4.79 Å². The van der Waals surface area contributed by atoms with E-state index >= 15 is 0 Å². The topological polar surface area (TPSA) is 64.3 Å². The largest absolute Gasteiger partial charge is 0.344 e. The molecule has 0 aromatic carbocycles. The molecule has 3 heterocycles. The number of imidazole rings is 1. The number of likely N-dealkylation sites (tertiary alicyclic amines) is 2. The predicted octanol–water partition coefficient (Wildman–Crippen LogP) is 2.69.